The molecular formula is C22H19BrN2O3S. The van der Waals surface area contributed by atoms with Crippen molar-refractivity contribution in [2.24, 2.45) is 5.10 Å². The Kier molecular flexibility index (Phi) is 5.43. The zero-order valence-electron chi connectivity index (χ0n) is 15.7. The summed E-state index contributed by atoms with van der Waals surface area (Å²) in [6.45, 7) is 0. The van der Waals surface area contributed by atoms with E-state index in [0.29, 0.717) is 6.42 Å². The number of methoxy groups -OCH3 is 1. The second-order valence-electron chi connectivity index (χ2n) is 6.64. The summed E-state index contributed by atoms with van der Waals surface area (Å²) in [6, 6.07) is 23.1. The van der Waals surface area contributed by atoms with Gasteiger partial charge in [0.2, 0.25) is 0 Å². The Hall–Kier alpha value is -2.64. The summed E-state index contributed by atoms with van der Waals surface area (Å²) in [5.41, 5.74) is 2.50. The molecule has 1 aliphatic rings. The molecule has 0 N–H and O–H groups in total. The van der Waals surface area contributed by atoms with Gasteiger partial charge in [0.25, 0.3) is 10.0 Å². The molecule has 7 heteroatoms. The molecule has 0 saturated heterocycles. The van der Waals surface area contributed by atoms with E-state index in [-0.39, 0.29) is 4.90 Å². The van der Waals surface area contributed by atoms with E-state index in [1.165, 1.54) is 4.41 Å². The Morgan fingerprint density at radius 1 is 0.966 bits per heavy atom. The fraction of sp³-hybridized carbons (Fsp3) is 0.136. The summed E-state index contributed by atoms with van der Waals surface area (Å²) in [6.07, 6.45) is 0.486. The van der Waals surface area contributed by atoms with Crippen molar-refractivity contribution in [3.8, 4) is 5.75 Å². The number of rotatable bonds is 5. The molecule has 3 aromatic carbocycles. The molecule has 1 heterocycles. The van der Waals surface area contributed by atoms with E-state index < -0.39 is 16.1 Å². The van der Waals surface area contributed by atoms with Crippen LogP contribution >= 0.6 is 15.9 Å². The molecule has 1 aliphatic heterocycles. The number of hydrogen-bond acceptors (Lipinski definition) is 4. The maximum atomic E-state index is 13.4. The van der Waals surface area contributed by atoms with Gasteiger partial charge in [-0.2, -0.15) is 17.9 Å². The van der Waals surface area contributed by atoms with Gasteiger partial charge >= 0.3 is 0 Å². The fourth-order valence-electron chi connectivity index (χ4n) is 3.30. The number of halogens is 1. The third-order valence-electron chi connectivity index (χ3n) is 4.84. The largest absolute Gasteiger partial charge is 0.497 e. The van der Waals surface area contributed by atoms with E-state index in [1.54, 1.807) is 37.4 Å². The topological polar surface area (TPSA) is 59.0 Å². The predicted octanol–water partition coefficient (Wildman–Crippen LogP) is 5.00. The van der Waals surface area contributed by atoms with Gasteiger partial charge < -0.3 is 4.74 Å². The van der Waals surface area contributed by atoms with Gasteiger partial charge in [-0.1, -0.05) is 58.4 Å². The van der Waals surface area contributed by atoms with Crippen LogP contribution in [-0.4, -0.2) is 25.7 Å². The number of ether oxygens (including phenoxy) is 1. The summed E-state index contributed by atoms with van der Waals surface area (Å²) in [5.74, 6) is 0.721. The highest BCUT2D eigenvalue weighted by Gasteiger charge is 2.37. The predicted molar refractivity (Wildman–Crippen MR) is 116 cm³/mol. The Bertz CT molecular complexity index is 1130. The molecule has 4 rings (SSSR count). The second kappa shape index (κ2) is 8.00. The summed E-state index contributed by atoms with van der Waals surface area (Å²) in [7, 11) is -2.19. The molecule has 0 aromatic heterocycles. The summed E-state index contributed by atoms with van der Waals surface area (Å²) in [4.78, 5) is 0.222. The van der Waals surface area contributed by atoms with Crippen molar-refractivity contribution in [1.82, 2.24) is 4.41 Å². The summed E-state index contributed by atoms with van der Waals surface area (Å²) < 4.78 is 34.1. The van der Waals surface area contributed by atoms with Crippen molar-refractivity contribution in [3.05, 3.63) is 94.5 Å². The molecule has 0 fully saturated rings. The zero-order valence-corrected chi connectivity index (χ0v) is 18.1. The van der Waals surface area contributed by atoms with E-state index in [1.807, 2.05) is 48.5 Å². The molecule has 1 unspecified atom stereocenters. The normalized spacial score (nSPS) is 16.6. The van der Waals surface area contributed by atoms with Crippen LogP contribution in [0.25, 0.3) is 0 Å². The van der Waals surface area contributed by atoms with Gasteiger partial charge in [0.1, 0.15) is 5.75 Å². The molecule has 5 nitrogen and oxygen atoms in total. The molecule has 0 amide bonds. The molecule has 0 saturated carbocycles. The number of nitrogens with zero attached hydrogens (tertiary/aromatic N) is 2. The number of benzene rings is 3. The lowest BCUT2D eigenvalue weighted by Gasteiger charge is -2.23. The van der Waals surface area contributed by atoms with Gasteiger partial charge in [-0.25, -0.2) is 0 Å². The number of hydrazone groups is 1. The standard InChI is InChI=1S/C22H19BrN2O3S/c1-28-19-13-9-17(10-14-19)22-15-21(16-7-11-18(23)12-8-16)24-25(22)29(26,27)20-5-3-2-4-6-20/h2-14,22H,15H2,1H3. The number of sulfonamides is 1. The van der Waals surface area contributed by atoms with Gasteiger partial charge in [0.15, 0.2) is 0 Å². The van der Waals surface area contributed by atoms with Gasteiger partial charge in [-0.3, -0.25) is 0 Å². The van der Waals surface area contributed by atoms with Crippen LogP contribution in [-0.2, 0) is 10.0 Å². The van der Waals surface area contributed by atoms with Crippen LogP contribution in [0.3, 0.4) is 0 Å². The Balaban J connectivity index is 1.78. The van der Waals surface area contributed by atoms with Crippen LogP contribution < -0.4 is 4.74 Å². The van der Waals surface area contributed by atoms with Crippen molar-refractivity contribution in [1.29, 1.82) is 0 Å². The van der Waals surface area contributed by atoms with Gasteiger partial charge in [0.05, 0.1) is 23.8 Å². The lowest BCUT2D eigenvalue weighted by Crippen LogP contribution is -2.27. The monoisotopic (exact) mass is 470 g/mol. The molecule has 1 atom stereocenters. The zero-order chi connectivity index (χ0) is 20.4. The molecule has 0 aliphatic carbocycles. The van der Waals surface area contributed by atoms with E-state index >= 15 is 0 Å². The highest BCUT2D eigenvalue weighted by molar-refractivity contribution is 9.10. The minimum atomic E-state index is -3.80. The third-order valence-corrected chi connectivity index (χ3v) is 7.06. The van der Waals surface area contributed by atoms with Gasteiger partial charge in [-0.15, -0.1) is 0 Å². The van der Waals surface area contributed by atoms with Gasteiger partial charge in [-0.05, 0) is 47.5 Å². The minimum Gasteiger partial charge on any atom is -0.497 e. The quantitative estimate of drug-likeness (QED) is 0.527. The first-order valence-corrected chi connectivity index (χ1v) is 11.3. The van der Waals surface area contributed by atoms with Crippen molar-refractivity contribution in [3.63, 3.8) is 0 Å². The Labute approximate surface area is 178 Å². The van der Waals surface area contributed by atoms with Gasteiger partial charge in [0, 0.05) is 10.9 Å². The molecule has 148 valence electrons. The van der Waals surface area contributed by atoms with Crippen LogP contribution in [0.15, 0.2) is 93.3 Å². The maximum absolute atomic E-state index is 13.4. The Morgan fingerprint density at radius 2 is 1.62 bits per heavy atom. The summed E-state index contributed by atoms with van der Waals surface area (Å²) >= 11 is 3.43. The Morgan fingerprint density at radius 3 is 2.24 bits per heavy atom. The molecule has 29 heavy (non-hydrogen) atoms. The highest BCUT2D eigenvalue weighted by atomic mass is 79.9. The lowest BCUT2D eigenvalue weighted by molar-refractivity contribution is 0.370. The van der Waals surface area contributed by atoms with Crippen LogP contribution in [0.2, 0.25) is 0 Å². The fourth-order valence-corrected chi connectivity index (χ4v) is 5.02. The van der Waals surface area contributed by atoms with Crippen molar-refractivity contribution in [2.75, 3.05) is 7.11 Å². The first-order valence-electron chi connectivity index (χ1n) is 9.06. The molecule has 0 spiro atoms. The average molecular weight is 471 g/mol. The highest BCUT2D eigenvalue weighted by Crippen LogP contribution is 2.37. The van der Waals surface area contributed by atoms with Crippen LogP contribution in [0.1, 0.15) is 23.6 Å². The lowest BCUT2D eigenvalue weighted by atomic mass is 9.99. The second-order valence-corrected chi connectivity index (χ2v) is 9.35. The van der Waals surface area contributed by atoms with E-state index in [0.717, 1.165) is 27.1 Å². The van der Waals surface area contributed by atoms with Crippen LogP contribution in [0.5, 0.6) is 5.75 Å². The first-order chi connectivity index (χ1) is 14.0. The molecule has 3 aromatic rings. The van der Waals surface area contributed by atoms with Crippen molar-refractivity contribution < 1.29 is 13.2 Å². The molecule has 0 bridgehead atoms. The summed E-state index contributed by atoms with van der Waals surface area (Å²) in [5, 5.41) is 4.55. The first kappa shape index (κ1) is 19.7. The molecular weight excluding hydrogens is 452 g/mol. The van der Waals surface area contributed by atoms with Crippen molar-refractivity contribution in [2.45, 2.75) is 17.4 Å². The average Bonchev–Trinajstić information content (AvgIpc) is 3.21. The SMILES string of the molecule is COc1ccc(C2CC(c3ccc(Br)cc3)=NN2S(=O)(=O)c2ccccc2)cc1. The van der Waals surface area contributed by atoms with Crippen LogP contribution in [0.4, 0.5) is 0 Å². The van der Waals surface area contributed by atoms with E-state index in [2.05, 4.69) is 21.0 Å². The number of hydrogen-bond donors (Lipinski definition) is 0. The van der Waals surface area contributed by atoms with E-state index in [4.69, 9.17) is 4.74 Å². The van der Waals surface area contributed by atoms with Crippen LogP contribution in [0, 0.1) is 0 Å². The maximum Gasteiger partial charge on any atom is 0.279 e. The third kappa shape index (κ3) is 3.93. The molecule has 0 radical (unpaired) electrons. The van der Waals surface area contributed by atoms with Crippen molar-refractivity contribution >= 4 is 31.7 Å². The minimum absolute atomic E-state index is 0.222. The van der Waals surface area contributed by atoms with E-state index in [9.17, 15) is 8.42 Å². The smallest absolute Gasteiger partial charge is 0.279 e.